The summed E-state index contributed by atoms with van der Waals surface area (Å²) in [4.78, 5) is 34.1. The molecule has 126 valence electrons. The van der Waals surface area contributed by atoms with Gasteiger partial charge in [-0.2, -0.15) is 0 Å². The molecular formula is C17H18N2O5. The SMILES string of the molecule is CC(=O)NC(C)(C)C(=O)Nc1ccc(-c2ccc(C(=O)O)o2)cc1. The Kier molecular flexibility index (Phi) is 4.73. The third kappa shape index (κ3) is 4.01. The molecule has 0 atom stereocenters. The van der Waals surface area contributed by atoms with Crippen molar-refractivity contribution in [2.24, 2.45) is 0 Å². The van der Waals surface area contributed by atoms with Crippen molar-refractivity contribution in [3.8, 4) is 11.3 Å². The molecule has 0 saturated carbocycles. The van der Waals surface area contributed by atoms with Crippen LogP contribution in [0.15, 0.2) is 40.8 Å². The fourth-order valence-electron chi connectivity index (χ4n) is 2.11. The summed E-state index contributed by atoms with van der Waals surface area (Å²) < 4.78 is 5.22. The van der Waals surface area contributed by atoms with Crippen LogP contribution in [-0.2, 0) is 9.59 Å². The number of nitrogens with one attached hydrogen (secondary N) is 2. The number of carboxylic acid groups (broad SMARTS) is 1. The molecule has 1 aromatic heterocycles. The molecule has 3 N–H and O–H groups in total. The van der Waals surface area contributed by atoms with Gasteiger partial charge in [-0.25, -0.2) is 4.79 Å². The first-order valence-electron chi connectivity index (χ1n) is 7.23. The molecule has 0 radical (unpaired) electrons. The van der Waals surface area contributed by atoms with E-state index in [1.165, 1.54) is 13.0 Å². The van der Waals surface area contributed by atoms with Crippen molar-refractivity contribution < 1.29 is 23.9 Å². The van der Waals surface area contributed by atoms with Crippen LogP contribution in [0.4, 0.5) is 5.69 Å². The molecule has 0 fully saturated rings. The zero-order chi connectivity index (χ0) is 17.9. The number of carbonyl (C=O) groups excluding carboxylic acids is 2. The van der Waals surface area contributed by atoms with Gasteiger partial charge in [0.1, 0.15) is 11.3 Å². The van der Waals surface area contributed by atoms with Crippen LogP contribution in [0.5, 0.6) is 0 Å². The molecule has 0 spiro atoms. The largest absolute Gasteiger partial charge is 0.475 e. The van der Waals surface area contributed by atoms with Gasteiger partial charge in [0.2, 0.25) is 17.6 Å². The predicted molar refractivity (Wildman–Crippen MR) is 87.6 cm³/mol. The Morgan fingerprint density at radius 2 is 1.67 bits per heavy atom. The lowest BCUT2D eigenvalue weighted by atomic mass is 10.0. The Morgan fingerprint density at radius 1 is 1.04 bits per heavy atom. The van der Waals surface area contributed by atoms with Crippen LogP contribution < -0.4 is 10.6 Å². The highest BCUT2D eigenvalue weighted by Gasteiger charge is 2.28. The molecule has 0 aliphatic carbocycles. The number of benzene rings is 1. The third-order valence-electron chi connectivity index (χ3n) is 3.30. The van der Waals surface area contributed by atoms with Crippen molar-refractivity contribution in [1.29, 1.82) is 0 Å². The minimum absolute atomic E-state index is 0.139. The van der Waals surface area contributed by atoms with Gasteiger partial charge in [-0.3, -0.25) is 9.59 Å². The molecule has 1 aromatic carbocycles. The van der Waals surface area contributed by atoms with E-state index in [2.05, 4.69) is 10.6 Å². The molecule has 0 saturated heterocycles. The fourth-order valence-corrected chi connectivity index (χ4v) is 2.11. The normalized spacial score (nSPS) is 11.0. The summed E-state index contributed by atoms with van der Waals surface area (Å²) in [6.07, 6.45) is 0. The van der Waals surface area contributed by atoms with Crippen molar-refractivity contribution in [3.05, 3.63) is 42.2 Å². The van der Waals surface area contributed by atoms with Gasteiger partial charge in [-0.15, -0.1) is 0 Å². The van der Waals surface area contributed by atoms with Gasteiger partial charge in [0.25, 0.3) is 0 Å². The Hall–Kier alpha value is -3.09. The van der Waals surface area contributed by atoms with E-state index in [-0.39, 0.29) is 17.6 Å². The summed E-state index contributed by atoms with van der Waals surface area (Å²) in [5.41, 5.74) is 0.191. The average Bonchev–Trinajstić information content (AvgIpc) is 2.96. The summed E-state index contributed by atoms with van der Waals surface area (Å²) in [7, 11) is 0. The van der Waals surface area contributed by atoms with Crippen molar-refractivity contribution in [3.63, 3.8) is 0 Å². The van der Waals surface area contributed by atoms with Crippen molar-refractivity contribution >= 4 is 23.5 Å². The number of carbonyl (C=O) groups is 3. The number of carboxylic acids is 1. The second-order valence-electron chi connectivity index (χ2n) is 5.81. The zero-order valence-electron chi connectivity index (χ0n) is 13.5. The van der Waals surface area contributed by atoms with Crippen LogP contribution >= 0.6 is 0 Å². The summed E-state index contributed by atoms with van der Waals surface area (Å²) in [5, 5.41) is 14.1. The maximum atomic E-state index is 12.2. The maximum absolute atomic E-state index is 12.2. The molecule has 0 aliphatic heterocycles. The smallest absolute Gasteiger partial charge is 0.371 e. The summed E-state index contributed by atoms with van der Waals surface area (Å²) >= 11 is 0. The van der Waals surface area contributed by atoms with Gasteiger partial charge < -0.3 is 20.2 Å². The van der Waals surface area contributed by atoms with Crippen LogP contribution in [0.3, 0.4) is 0 Å². The van der Waals surface area contributed by atoms with Gasteiger partial charge in [-0.05, 0) is 50.2 Å². The van der Waals surface area contributed by atoms with Crippen LogP contribution in [-0.4, -0.2) is 28.4 Å². The van der Waals surface area contributed by atoms with Crippen LogP contribution in [0.25, 0.3) is 11.3 Å². The van der Waals surface area contributed by atoms with E-state index >= 15 is 0 Å². The van der Waals surface area contributed by atoms with Gasteiger partial charge in [0, 0.05) is 18.2 Å². The van der Waals surface area contributed by atoms with E-state index < -0.39 is 11.5 Å². The quantitative estimate of drug-likeness (QED) is 0.780. The summed E-state index contributed by atoms with van der Waals surface area (Å²) in [5.74, 6) is -1.50. The molecule has 24 heavy (non-hydrogen) atoms. The van der Waals surface area contributed by atoms with E-state index in [9.17, 15) is 14.4 Å². The molecule has 7 heteroatoms. The monoisotopic (exact) mass is 330 g/mol. The van der Waals surface area contributed by atoms with Gasteiger partial charge in [0.15, 0.2) is 0 Å². The van der Waals surface area contributed by atoms with Crippen molar-refractivity contribution in [2.75, 3.05) is 5.32 Å². The van der Waals surface area contributed by atoms with E-state index in [1.54, 1.807) is 44.2 Å². The number of hydrogen-bond acceptors (Lipinski definition) is 4. The Morgan fingerprint density at radius 3 is 2.17 bits per heavy atom. The second-order valence-corrected chi connectivity index (χ2v) is 5.81. The minimum Gasteiger partial charge on any atom is -0.475 e. The summed E-state index contributed by atoms with van der Waals surface area (Å²) in [6.45, 7) is 4.56. The Balaban J connectivity index is 2.10. The number of furan rings is 1. The molecule has 2 aromatic rings. The van der Waals surface area contributed by atoms with Gasteiger partial charge in [-0.1, -0.05) is 0 Å². The molecule has 2 amide bonds. The molecular weight excluding hydrogens is 312 g/mol. The highest BCUT2D eigenvalue weighted by molar-refractivity contribution is 5.99. The minimum atomic E-state index is -1.13. The second kappa shape index (κ2) is 6.57. The Bertz CT molecular complexity index is 775. The number of amides is 2. The first kappa shape index (κ1) is 17.3. The standard InChI is InChI=1S/C17H18N2O5/c1-10(20)19-17(2,3)16(23)18-12-6-4-11(5-7-12)13-8-9-14(24-13)15(21)22/h4-9H,1-3H3,(H,18,23)(H,19,20)(H,21,22). The van der Waals surface area contributed by atoms with Crippen LogP contribution in [0, 0.1) is 0 Å². The molecule has 0 aliphatic rings. The lowest BCUT2D eigenvalue weighted by Crippen LogP contribution is -2.51. The molecule has 0 bridgehead atoms. The molecule has 0 unspecified atom stereocenters. The highest BCUT2D eigenvalue weighted by Crippen LogP contribution is 2.24. The van der Waals surface area contributed by atoms with E-state index in [1.807, 2.05) is 0 Å². The fraction of sp³-hybridized carbons (Fsp3) is 0.235. The number of aromatic carboxylic acids is 1. The maximum Gasteiger partial charge on any atom is 0.371 e. The van der Waals surface area contributed by atoms with Crippen LogP contribution in [0.2, 0.25) is 0 Å². The zero-order valence-corrected chi connectivity index (χ0v) is 13.5. The van der Waals surface area contributed by atoms with E-state index in [0.29, 0.717) is 17.0 Å². The molecule has 2 rings (SSSR count). The topological polar surface area (TPSA) is 109 Å². The first-order chi connectivity index (χ1) is 11.2. The lowest BCUT2D eigenvalue weighted by molar-refractivity contribution is -0.128. The molecule has 1 heterocycles. The van der Waals surface area contributed by atoms with Crippen molar-refractivity contribution in [2.45, 2.75) is 26.3 Å². The van der Waals surface area contributed by atoms with Crippen LogP contribution in [0.1, 0.15) is 31.3 Å². The third-order valence-corrected chi connectivity index (χ3v) is 3.30. The van der Waals surface area contributed by atoms with E-state index in [0.717, 1.165) is 0 Å². The molecule has 7 nitrogen and oxygen atoms in total. The summed E-state index contributed by atoms with van der Waals surface area (Å²) in [6, 6.07) is 9.68. The number of hydrogen-bond donors (Lipinski definition) is 3. The number of rotatable bonds is 5. The average molecular weight is 330 g/mol. The lowest BCUT2D eigenvalue weighted by Gasteiger charge is -2.24. The predicted octanol–water partition coefficient (Wildman–Crippen LogP) is 2.50. The Labute approximate surface area is 138 Å². The van der Waals surface area contributed by atoms with Gasteiger partial charge >= 0.3 is 5.97 Å². The van der Waals surface area contributed by atoms with Gasteiger partial charge in [0.05, 0.1) is 0 Å². The number of anilines is 1. The first-order valence-corrected chi connectivity index (χ1v) is 7.23. The van der Waals surface area contributed by atoms with Crippen molar-refractivity contribution in [1.82, 2.24) is 5.32 Å². The van der Waals surface area contributed by atoms with E-state index in [4.69, 9.17) is 9.52 Å². The highest BCUT2D eigenvalue weighted by atomic mass is 16.4.